The maximum atomic E-state index is 14.8. The van der Waals surface area contributed by atoms with Crippen LogP contribution in [0.1, 0.15) is 82.9 Å². The van der Waals surface area contributed by atoms with Crippen molar-refractivity contribution < 1.29 is 38.3 Å². The van der Waals surface area contributed by atoms with E-state index in [1.54, 1.807) is 26.0 Å². The van der Waals surface area contributed by atoms with Crippen LogP contribution in [0.3, 0.4) is 0 Å². The molecule has 4 saturated heterocycles. The highest BCUT2D eigenvalue weighted by Crippen LogP contribution is 2.36. The topological polar surface area (TPSA) is 187 Å². The Morgan fingerprint density at radius 2 is 1.55 bits per heavy atom. The van der Waals surface area contributed by atoms with E-state index in [2.05, 4.69) is 21.3 Å². The number of nitrogens with zero attached hydrogens (tertiary/aromatic N) is 3. The quantitative estimate of drug-likeness (QED) is 0.322. The summed E-state index contributed by atoms with van der Waals surface area (Å²) in [5, 5.41) is 11.2. The van der Waals surface area contributed by atoms with E-state index in [4.69, 9.17) is 4.74 Å². The van der Waals surface area contributed by atoms with Gasteiger partial charge in [0, 0.05) is 31.7 Å². The van der Waals surface area contributed by atoms with E-state index >= 15 is 0 Å². The number of nitrogens with one attached hydrogen (secondary N) is 4. The van der Waals surface area contributed by atoms with Gasteiger partial charge in [0.05, 0.1) is 0 Å². The van der Waals surface area contributed by atoms with Crippen LogP contribution in [-0.4, -0.2) is 118 Å². The van der Waals surface area contributed by atoms with Crippen molar-refractivity contribution >= 4 is 47.2 Å². The molecule has 4 heterocycles. The van der Waals surface area contributed by atoms with Gasteiger partial charge in [-0.15, -0.1) is 0 Å². The fourth-order valence-corrected chi connectivity index (χ4v) is 8.87. The van der Waals surface area contributed by atoms with E-state index in [-0.39, 0.29) is 37.8 Å². The van der Waals surface area contributed by atoms with E-state index in [9.17, 15) is 33.6 Å². The first-order valence-electron chi connectivity index (χ1n) is 20.5. The molecule has 0 aromatic heterocycles. The SMILES string of the molecule is Cc1ccc(NC(=O)N[C@@H](Cc2cccc(C)c2)C(=O)N[C@@H]2C(=O)N3CCC[C@H]3C(=O)N3CCCC[C@H]3C(=O)N[C@@H](C)C(=O)N3C[C@H](C)CC3(C)C(=O)O[C@H]2C)cc1. The molecule has 58 heavy (non-hydrogen) atoms. The molecule has 4 N–H and O–H groups in total. The number of anilines is 1. The molecule has 4 aliphatic heterocycles. The van der Waals surface area contributed by atoms with Crippen LogP contribution < -0.4 is 21.3 Å². The zero-order valence-corrected chi connectivity index (χ0v) is 34.3. The number of fused-ring (bicyclic) bond motifs is 3. The molecule has 2 aromatic carbocycles. The molecule has 15 heteroatoms. The van der Waals surface area contributed by atoms with Crippen LogP contribution in [0.4, 0.5) is 10.5 Å². The third-order valence-corrected chi connectivity index (χ3v) is 12.0. The molecule has 6 rings (SSSR count). The molecule has 312 valence electrons. The first-order chi connectivity index (χ1) is 27.5. The van der Waals surface area contributed by atoms with Crippen LogP contribution in [0.25, 0.3) is 0 Å². The fourth-order valence-electron chi connectivity index (χ4n) is 8.87. The smallest absolute Gasteiger partial charge is 0.332 e. The van der Waals surface area contributed by atoms with E-state index < -0.39 is 77.5 Å². The lowest BCUT2D eigenvalue weighted by Crippen LogP contribution is -2.64. The van der Waals surface area contributed by atoms with Gasteiger partial charge in [0.15, 0.2) is 0 Å². The lowest BCUT2D eigenvalue weighted by Gasteiger charge is -2.40. The Balaban J connectivity index is 1.35. The number of carbonyl (C=O) groups is 7. The summed E-state index contributed by atoms with van der Waals surface area (Å²) in [4.78, 5) is 103. The molecule has 0 bridgehead atoms. The minimum Gasteiger partial charge on any atom is -0.458 e. The number of benzene rings is 2. The molecule has 8 atom stereocenters. The second-order valence-electron chi connectivity index (χ2n) is 16.8. The highest BCUT2D eigenvalue weighted by Gasteiger charge is 2.53. The second-order valence-corrected chi connectivity index (χ2v) is 16.8. The summed E-state index contributed by atoms with van der Waals surface area (Å²) in [5.41, 5.74) is 1.78. The minimum atomic E-state index is -1.48. The van der Waals surface area contributed by atoms with Crippen molar-refractivity contribution in [3.8, 4) is 0 Å². The Morgan fingerprint density at radius 3 is 2.28 bits per heavy atom. The minimum absolute atomic E-state index is 0.0678. The third kappa shape index (κ3) is 9.13. The number of ether oxygens (including phenoxy) is 1. The molecular weight excluding hydrogens is 743 g/mol. The van der Waals surface area contributed by atoms with Crippen molar-refractivity contribution in [2.45, 2.75) is 128 Å². The average molecular weight is 800 g/mol. The molecule has 4 aliphatic rings. The molecular formula is C43H57N7O8. The van der Waals surface area contributed by atoms with Crippen LogP contribution in [-0.2, 0) is 39.9 Å². The third-order valence-electron chi connectivity index (χ3n) is 12.0. The van der Waals surface area contributed by atoms with E-state index in [1.807, 2.05) is 57.2 Å². The molecule has 2 aromatic rings. The van der Waals surface area contributed by atoms with Crippen LogP contribution in [0.5, 0.6) is 0 Å². The predicted octanol–water partition coefficient (Wildman–Crippen LogP) is 2.97. The van der Waals surface area contributed by atoms with Crippen LogP contribution in [0.2, 0.25) is 0 Å². The van der Waals surface area contributed by atoms with E-state index in [1.165, 1.54) is 21.6 Å². The van der Waals surface area contributed by atoms with Crippen LogP contribution >= 0.6 is 0 Å². The van der Waals surface area contributed by atoms with Crippen molar-refractivity contribution in [1.29, 1.82) is 0 Å². The molecule has 0 spiro atoms. The monoisotopic (exact) mass is 799 g/mol. The molecule has 0 radical (unpaired) electrons. The number of urea groups is 1. The number of aryl methyl sites for hydroxylation is 2. The number of hydrogen-bond donors (Lipinski definition) is 4. The molecule has 1 unspecified atom stereocenters. The standard InChI is InChI=1S/C43H57N7O8/c1-25-15-17-31(18-16-25)45-42(57)46-32(22-30-12-9-11-26(2)21-30)36(51)47-35-29(5)58-41(56)43(6)23-27(3)24-50(43)38(53)28(4)44-37(52)33-13-7-8-19-48(33)39(54)34-14-10-20-49(34)40(35)55/h9,11-12,15-18,21,27-29,32-35H,7-8,10,13-14,19-20,22-24H2,1-6H3,(H,44,52)(H,47,51)(H2,45,46,57)/t27-,28+,29+,32+,33+,34+,35+,43?/m1/s1. The first kappa shape index (κ1) is 42.1. The summed E-state index contributed by atoms with van der Waals surface area (Å²) in [6, 6.07) is 8.58. The molecule has 4 fully saturated rings. The first-order valence-corrected chi connectivity index (χ1v) is 20.5. The summed E-state index contributed by atoms with van der Waals surface area (Å²) in [5.74, 6) is -3.53. The zero-order chi connectivity index (χ0) is 41.9. The van der Waals surface area contributed by atoms with Gasteiger partial charge >= 0.3 is 12.0 Å². The number of esters is 1. The van der Waals surface area contributed by atoms with Gasteiger partial charge in [-0.25, -0.2) is 9.59 Å². The Kier molecular flexibility index (Phi) is 12.8. The number of carbonyl (C=O) groups excluding carboxylic acids is 7. The summed E-state index contributed by atoms with van der Waals surface area (Å²) < 4.78 is 6.07. The maximum Gasteiger partial charge on any atom is 0.332 e. The van der Waals surface area contributed by atoms with Gasteiger partial charge in [-0.3, -0.25) is 24.0 Å². The van der Waals surface area contributed by atoms with Crippen LogP contribution in [0, 0.1) is 19.8 Å². The van der Waals surface area contributed by atoms with E-state index in [0.717, 1.165) is 16.7 Å². The lowest BCUT2D eigenvalue weighted by molar-refractivity contribution is -0.169. The Labute approximate surface area is 340 Å². The van der Waals surface area contributed by atoms with Crippen molar-refractivity contribution in [3.63, 3.8) is 0 Å². The van der Waals surface area contributed by atoms with Gasteiger partial charge < -0.3 is 40.7 Å². The number of rotatable bonds is 6. The van der Waals surface area contributed by atoms with Crippen LogP contribution in [0.15, 0.2) is 48.5 Å². The Morgan fingerprint density at radius 1 is 0.862 bits per heavy atom. The Hall–Kier alpha value is -5.47. The second kappa shape index (κ2) is 17.6. The summed E-state index contributed by atoms with van der Waals surface area (Å²) in [6.07, 6.45) is 1.68. The van der Waals surface area contributed by atoms with Crippen molar-refractivity contribution in [1.82, 2.24) is 30.7 Å². The average Bonchev–Trinajstić information content (AvgIpc) is 3.80. The summed E-state index contributed by atoms with van der Waals surface area (Å²) in [7, 11) is 0. The van der Waals surface area contributed by atoms with Crippen molar-refractivity contribution in [3.05, 3.63) is 65.2 Å². The van der Waals surface area contributed by atoms with E-state index in [0.29, 0.717) is 44.3 Å². The number of amides is 7. The summed E-state index contributed by atoms with van der Waals surface area (Å²) in [6.45, 7) is 11.2. The highest BCUT2D eigenvalue weighted by atomic mass is 16.5. The molecule has 0 saturated carbocycles. The lowest BCUT2D eigenvalue weighted by atomic mass is 9.94. The summed E-state index contributed by atoms with van der Waals surface area (Å²) >= 11 is 0. The van der Waals surface area contributed by atoms with Gasteiger partial charge in [0.2, 0.25) is 29.5 Å². The van der Waals surface area contributed by atoms with Crippen molar-refractivity contribution in [2.24, 2.45) is 5.92 Å². The molecule has 7 amide bonds. The zero-order valence-electron chi connectivity index (χ0n) is 34.3. The molecule has 0 aliphatic carbocycles. The van der Waals surface area contributed by atoms with Gasteiger partial charge in [-0.05, 0) is 96.8 Å². The normalized spacial score (nSPS) is 28.8. The van der Waals surface area contributed by atoms with Crippen molar-refractivity contribution in [2.75, 3.05) is 25.0 Å². The number of piperidine rings is 1. The van der Waals surface area contributed by atoms with Gasteiger partial charge in [0.25, 0.3) is 0 Å². The predicted molar refractivity (Wildman–Crippen MR) is 215 cm³/mol. The van der Waals surface area contributed by atoms with Gasteiger partial charge in [-0.1, -0.05) is 54.4 Å². The fraction of sp³-hybridized carbons (Fsp3) is 0.558. The van der Waals surface area contributed by atoms with Gasteiger partial charge in [-0.2, -0.15) is 0 Å². The number of hydrogen-bond acceptors (Lipinski definition) is 8. The Bertz CT molecular complexity index is 1920. The van der Waals surface area contributed by atoms with Gasteiger partial charge in [0.1, 0.15) is 41.9 Å². The highest BCUT2D eigenvalue weighted by molar-refractivity contribution is 5.99. The number of cyclic esters (lactones) is 1. The largest absolute Gasteiger partial charge is 0.458 e. The maximum absolute atomic E-state index is 14.8. The molecule has 15 nitrogen and oxygen atoms in total.